The number of hydrogen-bond acceptors (Lipinski definition) is 4. The van der Waals surface area contributed by atoms with Gasteiger partial charge in [0.25, 0.3) is 0 Å². The summed E-state index contributed by atoms with van der Waals surface area (Å²) in [6, 6.07) is 5.39. The van der Waals surface area contributed by atoms with Gasteiger partial charge in [-0.25, -0.2) is 9.40 Å². The smallest absolute Gasteiger partial charge is 0.246 e. The minimum absolute atomic E-state index is 0.0446. The number of halogens is 1. The summed E-state index contributed by atoms with van der Waals surface area (Å²) >= 11 is 0. The first-order valence-corrected chi connectivity index (χ1v) is 9.16. The van der Waals surface area contributed by atoms with Gasteiger partial charge in [0.05, 0.1) is 13.1 Å². The van der Waals surface area contributed by atoms with Crippen LogP contribution in [0.15, 0.2) is 24.3 Å². The Kier molecular flexibility index (Phi) is 5.46. The first kappa shape index (κ1) is 19.3. The van der Waals surface area contributed by atoms with Crippen molar-refractivity contribution in [2.45, 2.75) is 39.0 Å². The Labute approximate surface area is 158 Å². The Bertz CT molecular complexity index is 726. The van der Waals surface area contributed by atoms with Crippen LogP contribution in [0, 0.1) is 11.7 Å². The number of carbonyl (C=O) groups excluding carboxylic acids is 3. The van der Waals surface area contributed by atoms with E-state index in [0.29, 0.717) is 13.0 Å². The summed E-state index contributed by atoms with van der Waals surface area (Å²) in [6.07, 6.45) is 0.892. The van der Waals surface area contributed by atoms with Crippen LogP contribution in [-0.4, -0.2) is 70.4 Å². The highest BCUT2D eigenvalue weighted by atomic mass is 19.1. The summed E-state index contributed by atoms with van der Waals surface area (Å²) in [5.41, 5.74) is 0.800. The molecule has 1 aromatic rings. The highest BCUT2D eigenvalue weighted by Gasteiger charge is 2.50. The fourth-order valence-electron chi connectivity index (χ4n) is 3.83. The first-order chi connectivity index (χ1) is 12.9. The van der Waals surface area contributed by atoms with Crippen molar-refractivity contribution >= 4 is 18.2 Å². The first-order valence-electron chi connectivity index (χ1n) is 9.16. The molecule has 0 aliphatic carbocycles. The van der Waals surface area contributed by atoms with Crippen molar-refractivity contribution in [2.24, 2.45) is 5.92 Å². The maximum Gasteiger partial charge on any atom is 0.246 e. The van der Waals surface area contributed by atoms with Crippen molar-refractivity contribution in [1.29, 1.82) is 0 Å². The Hall–Kier alpha value is -2.48. The van der Waals surface area contributed by atoms with Crippen molar-refractivity contribution in [2.75, 3.05) is 20.1 Å². The molecule has 2 saturated heterocycles. The van der Waals surface area contributed by atoms with Gasteiger partial charge < -0.3 is 9.80 Å². The zero-order valence-corrected chi connectivity index (χ0v) is 15.8. The summed E-state index contributed by atoms with van der Waals surface area (Å²) in [5.74, 6) is -0.662. The molecule has 0 spiro atoms. The molecule has 8 heteroatoms. The zero-order valence-electron chi connectivity index (χ0n) is 15.8. The maximum absolute atomic E-state index is 13.2. The second kappa shape index (κ2) is 7.64. The van der Waals surface area contributed by atoms with Crippen LogP contribution in [0.1, 0.15) is 25.8 Å². The van der Waals surface area contributed by atoms with Gasteiger partial charge in [-0.2, -0.15) is 0 Å². The molecule has 7 nitrogen and oxygen atoms in total. The Morgan fingerprint density at radius 3 is 2.52 bits per heavy atom. The Balaban J connectivity index is 1.94. The third kappa shape index (κ3) is 3.53. The summed E-state index contributed by atoms with van der Waals surface area (Å²) in [6.45, 7) is 4.51. The van der Waals surface area contributed by atoms with Crippen molar-refractivity contribution in [1.82, 2.24) is 19.8 Å². The number of hydrogen-bond donors (Lipinski definition) is 0. The molecule has 3 rings (SSSR count). The number of piperazine rings is 1. The van der Waals surface area contributed by atoms with Crippen LogP contribution in [-0.2, 0) is 20.9 Å². The topological polar surface area (TPSA) is 64.2 Å². The number of fused-ring (bicyclic) bond motifs is 1. The van der Waals surface area contributed by atoms with Gasteiger partial charge >= 0.3 is 0 Å². The van der Waals surface area contributed by atoms with Gasteiger partial charge in [-0.3, -0.25) is 19.4 Å². The quantitative estimate of drug-likeness (QED) is 0.721. The number of amides is 3. The van der Waals surface area contributed by atoms with E-state index in [1.807, 2.05) is 13.8 Å². The molecule has 2 aliphatic rings. The molecule has 0 aromatic heterocycles. The fraction of sp³-hybridized carbons (Fsp3) is 0.526. The van der Waals surface area contributed by atoms with Gasteiger partial charge in [-0.15, -0.1) is 0 Å². The van der Waals surface area contributed by atoms with Gasteiger partial charge in [0, 0.05) is 13.6 Å². The highest BCUT2D eigenvalue weighted by Crippen LogP contribution is 2.30. The molecule has 2 heterocycles. The van der Waals surface area contributed by atoms with E-state index in [1.54, 1.807) is 34.0 Å². The number of benzene rings is 1. The zero-order chi connectivity index (χ0) is 19.7. The molecule has 146 valence electrons. The van der Waals surface area contributed by atoms with E-state index >= 15 is 0 Å². The molecule has 2 aliphatic heterocycles. The van der Waals surface area contributed by atoms with E-state index in [0.717, 1.165) is 12.0 Å². The van der Waals surface area contributed by atoms with Crippen LogP contribution >= 0.6 is 0 Å². The lowest BCUT2D eigenvalue weighted by Crippen LogP contribution is -2.74. The molecule has 3 atom stereocenters. The third-order valence-electron chi connectivity index (χ3n) is 5.50. The second-order valence-corrected chi connectivity index (χ2v) is 7.26. The van der Waals surface area contributed by atoms with E-state index in [9.17, 15) is 18.8 Å². The summed E-state index contributed by atoms with van der Waals surface area (Å²) < 4.78 is 13.2. The lowest BCUT2D eigenvalue weighted by Gasteiger charge is -2.54. The van der Waals surface area contributed by atoms with E-state index in [-0.39, 0.29) is 36.6 Å². The average molecular weight is 376 g/mol. The van der Waals surface area contributed by atoms with Crippen LogP contribution in [0.4, 0.5) is 4.39 Å². The largest absolute Gasteiger partial charge is 0.333 e. The lowest BCUT2D eigenvalue weighted by molar-refractivity contribution is -0.199. The van der Waals surface area contributed by atoms with Crippen molar-refractivity contribution < 1.29 is 18.8 Å². The fourth-order valence-corrected chi connectivity index (χ4v) is 3.83. The molecular formula is C19H25FN4O3. The van der Waals surface area contributed by atoms with Gasteiger partial charge in [0.2, 0.25) is 18.2 Å². The van der Waals surface area contributed by atoms with E-state index in [1.165, 1.54) is 17.1 Å². The summed E-state index contributed by atoms with van der Waals surface area (Å²) in [7, 11) is 1.68. The molecule has 0 saturated carbocycles. The van der Waals surface area contributed by atoms with Crippen LogP contribution < -0.4 is 0 Å². The van der Waals surface area contributed by atoms with Gasteiger partial charge in [-0.1, -0.05) is 32.4 Å². The SMILES string of the molecule is CCC(C)[C@H]1C(=O)N(Cc2ccc(F)cc2)CC2N1C(=O)CN(C)N2C=O. The minimum Gasteiger partial charge on any atom is -0.333 e. The Morgan fingerprint density at radius 2 is 1.93 bits per heavy atom. The monoisotopic (exact) mass is 376 g/mol. The molecular weight excluding hydrogens is 351 g/mol. The number of rotatable bonds is 5. The van der Waals surface area contributed by atoms with E-state index < -0.39 is 12.2 Å². The van der Waals surface area contributed by atoms with Crippen molar-refractivity contribution in [3.63, 3.8) is 0 Å². The summed E-state index contributed by atoms with van der Waals surface area (Å²) in [5, 5.41) is 3.05. The molecule has 0 radical (unpaired) electrons. The number of likely N-dealkylation sites (N-methyl/N-ethyl adjacent to an activating group) is 1. The number of carbonyl (C=O) groups is 3. The molecule has 3 amide bonds. The van der Waals surface area contributed by atoms with Crippen molar-refractivity contribution in [3.8, 4) is 0 Å². The van der Waals surface area contributed by atoms with Gasteiger partial charge in [0.15, 0.2) is 0 Å². The van der Waals surface area contributed by atoms with E-state index in [2.05, 4.69) is 0 Å². The van der Waals surface area contributed by atoms with Gasteiger partial charge in [-0.05, 0) is 23.6 Å². The van der Waals surface area contributed by atoms with Crippen LogP contribution in [0.3, 0.4) is 0 Å². The standard InChI is InChI=1S/C19H25FN4O3/c1-4-13(2)18-19(27)22(9-14-5-7-15(20)8-6-14)10-16-23(12-25)21(3)11-17(26)24(16)18/h5-8,12-13,16,18H,4,9-11H2,1-3H3/t13?,16?,18-/m0/s1. The Morgan fingerprint density at radius 1 is 1.26 bits per heavy atom. The second-order valence-electron chi connectivity index (χ2n) is 7.26. The van der Waals surface area contributed by atoms with Gasteiger partial charge in [0.1, 0.15) is 18.0 Å². The lowest BCUT2D eigenvalue weighted by atomic mass is 9.92. The number of hydrazine groups is 1. The summed E-state index contributed by atoms with van der Waals surface area (Å²) in [4.78, 5) is 40.8. The van der Waals surface area contributed by atoms with Crippen LogP contribution in [0.2, 0.25) is 0 Å². The van der Waals surface area contributed by atoms with E-state index in [4.69, 9.17) is 0 Å². The molecule has 2 unspecified atom stereocenters. The highest BCUT2D eigenvalue weighted by molar-refractivity contribution is 5.91. The average Bonchev–Trinajstić information content (AvgIpc) is 2.64. The molecule has 0 N–H and O–H groups in total. The third-order valence-corrected chi connectivity index (χ3v) is 5.50. The molecule has 27 heavy (non-hydrogen) atoms. The maximum atomic E-state index is 13.2. The molecule has 1 aromatic carbocycles. The molecule has 2 fully saturated rings. The van der Waals surface area contributed by atoms with Crippen LogP contribution in [0.25, 0.3) is 0 Å². The number of nitrogens with zero attached hydrogens (tertiary/aromatic N) is 4. The molecule has 0 bridgehead atoms. The van der Waals surface area contributed by atoms with Crippen molar-refractivity contribution in [3.05, 3.63) is 35.6 Å². The minimum atomic E-state index is -0.613. The van der Waals surface area contributed by atoms with Crippen LogP contribution in [0.5, 0.6) is 0 Å². The normalized spacial score (nSPS) is 24.8. The predicted octanol–water partition coefficient (Wildman–Crippen LogP) is 1.06. The predicted molar refractivity (Wildman–Crippen MR) is 96.2 cm³/mol.